The summed E-state index contributed by atoms with van der Waals surface area (Å²) in [5, 5.41) is 20.2. The van der Waals surface area contributed by atoms with E-state index in [-0.39, 0.29) is 18.3 Å². The summed E-state index contributed by atoms with van der Waals surface area (Å²) in [6.07, 6.45) is 2.03. The van der Waals surface area contributed by atoms with Crippen LogP contribution < -0.4 is 4.74 Å². The molecule has 1 saturated heterocycles. The highest BCUT2D eigenvalue weighted by molar-refractivity contribution is 5.42. The lowest BCUT2D eigenvalue weighted by molar-refractivity contribution is -0.385. The fourth-order valence-corrected chi connectivity index (χ4v) is 2.50. The van der Waals surface area contributed by atoms with Gasteiger partial charge in [-0.2, -0.15) is 0 Å². The first-order chi connectivity index (χ1) is 9.13. The maximum Gasteiger partial charge on any atom is 0.273 e. The molecular formula is C13H18N2O4. The molecule has 1 heterocycles. The van der Waals surface area contributed by atoms with Gasteiger partial charge in [0.1, 0.15) is 5.75 Å². The number of aliphatic hydroxyl groups excluding tert-OH is 1. The van der Waals surface area contributed by atoms with E-state index in [2.05, 4.69) is 4.90 Å². The summed E-state index contributed by atoms with van der Waals surface area (Å²) in [4.78, 5) is 12.6. The highest BCUT2D eigenvalue weighted by Gasteiger charge is 2.24. The fraction of sp³-hybridized carbons (Fsp3) is 0.538. The molecule has 0 saturated carbocycles. The van der Waals surface area contributed by atoms with Crippen LogP contribution in [-0.4, -0.2) is 41.2 Å². The minimum Gasteiger partial charge on any atom is -0.496 e. The smallest absolute Gasteiger partial charge is 0.273 e. The molecule has 1 fully saturated rings. The number of methoxy groups -OCH3 is 1. The number of ether oxygens (including phenoxy) is 1. The molecule has 1 aliphatic heterocycles. The number of nitro benzene ring substituents is 1. The van der Waals surface area contributed by atoms with Gasteiger partial charge in [0, 0.05) is 18.7 Å². The first-order valence-corrected chi connectivity index (χ1v) is 6.31. The molecule has 1 aromatic carbocycles. The quantitative estimate of drug-likeness (QED) is 0.646. The molecule has 0 amide bonds. The molecule has 1 aromatic rings. The standard InChI is InChI=1S/C13H18N2O4/c1-19-13-6-10(5-12(7-13)15(17)18)8-14-4-2-3-11(14)9-16/h5-7,11,16H,2-4,8-9H2,1H3. The molecule has 0 bridgehead atoms. The van der Waals surface area contributed by atoms with Crippen molar-refractivity contribution < 1.29 is 14.8 Å². The van der Waals surface area contributed by atoms with Crippen molar-refractivity contribution in [3.63, 3.8) is 0 Å². The van der Waals surface area contributed by atoms with Gasteiger partial charge in [-0.3, -0.25) is 15.0 Å². The Morgan fingerprint density at radius 1 is 1.53 bits per heavy atom. The minimum absolute atomic E-state index is 0.0362. The van der Waals surface area contributed by atoms with Crippen molar-refractivity contribution in [2.45, 2.75) is 25.4 Å². The number of nitrogens with zero attached hydrogens (tertiary/aromatic N) is 2. The molecule has 0 aromatic heterocycles. The van der Waals surface area contributed by atoms with Crippen molar-refractivity contribution in [2.24, 2.45) is 0 Å². The zero-order valence-corrected chi connectivity index (χ0v) is 10.9. The highest BCUT2D eigenvalue weighted by atomic mass is 16.6. The van der Waals surface area contributed by atoms with Gasteiger partial charge < -0.3 is 9.84 Å². The Balaban J connectivity index is 2.19. The number of hydrogen-bond acceptors (Lipinski definition) is 5. The second-order valence-electron chi connectivity index (χ2n) is 4.75. The van der Waals surface area contributed by atoms with Crippen LogP contribution in [0.25, 0.3) is 0 Å². The maximum absolute atomic E-state index is 10.9. The Morgan fingerprint density at radius 3 is 2.95 bits per heavy atom. The van der Waals surface area contributed by atoms with Gasteiger partial charge in [0.2, 0.25) is 0 Å². The van der Waals surface area contributed by atoms with Crippen LogP contribution >= 0.6 is 0 Å². The third-order valence-corrected chi connectivity index (χ3v) is 3.49. The lowest BCUT2D eigenvalue weighted by Gasteiger charge is -2.22. The predicted molar refractivity (Wildman–Crippen MR) is 70.2 cm³/mol. The van der Waals surface area contributed by atoms with E-state index in [1.807, 2.05) is 0 Å². The Kier molecular flexibility index (Phi) is 4.34. The molecule has 6 heteroatoms. The molecular weight excluding hydrogens is 248 g/mol. The summed E-state index contributed by atoms with van der Waals surface area (Å²) in [5.74, 6) is 0.490. The monoisotopic (exact) mass is 266 g/mol. The average molecular weight is 266 g/mol. The van der Waals surface area contributed by atoms with Gasteiger partial charge in [0.05, 0.1) is 24.7 Å². The molecule has 0 aliphatic carbocycles. The molecule has 0 radical (unpaired) electrons. The summed E-state index contributed by atoms with van der Waals surface area (Å²) < 4.78 is 5.09. The van der Waals surface area contributed by atoms with Crippen molar-refractivity contribution >= 4 is 5.69 Å². The normalized spacial score (nSPS) is 19.6. The van der Waals surface area contributed by atoms with Crippen LogP contribution in [0.3, 0.4) is 0 Å². The highest BCUT2D eigenvalue weighted by Crippen LogP contribution is 2.26. The van der Waals surface area contributed by atoms with Crippen LogP contribution in [0.15, 0.2) is 18.2 Å². The topological polar surface area (TPSA) is 75.8 Å². The van der Waals surface area contributed by atoms with Crippen LogP contribution in [0.5, 0.6) is 5.75 Å². The van der Waals surface area contributed by atoms with Crippen molar-refractivity contribution in [1.82, 2.24) is 4.90 Å². The summed E-state index contributed by atoms with van der Waals surface area (Å²) in [7, 11) is 1.50. The Bertz CT molecular complexity index is 464. The maximum atomic E-state index is 10.9. The van der Waals surface area contributed by atoms with Crippen LogP contribution in [0, 0.1) is 10.1 Å². The van der Waals surface area contributed by atoms with E-state index >= 15 is 0 Å². The van der Waals surface area contributed by atoms with Gasteiger partial charge in [0.25, 0.3) is 5.69 Å². The fourth-order valence-electron chi connectivity index (χ4n) is 2.50. The second-order valence-corrected chi connectivity index (χ2v) is 4.75. The van der Waals surface area contributed by atoms with Crippen LogP contribution in [0.1, 0.15) is 18.4 Å². The lowest BCUT2D eigenvalue weighted by atomic mass is 10.1. The van der Waals surface area contributed by atoms with Gasteiger partial charge >= 0.3 is 0 Å². The zero-order valence-electron chi connectivity index (χ0n) is 10.9. The van der Waals surface area contributed by atoms with E-state index in [1.165, 1.54) is 13.2 Å². The second kappa shape index (κ2) is 5.99. The number of aliphatic hydroxyl groups is 1. The van der Waals surface area contributed by atoms with E-state index in [4.69, 9.17) is 4.74 Å². The van der Waals surface area contributed by atoms with E-state index < -0.39 is 4.92 Å². The molecule has 104 valence electrons. The molecule has 1 atom stereocenters. The van der Waals surface area contributed by atoms with Gasteiger partial charge in [-0.1, -0.05) is 0 Å². The van der Waals surface area contributed by atoms with E-state index in [9.17, 15) is 15.2 Å². The number of likely N-dealkylation sites (tertiary alicyclic amines) is 1. The first-order valence-electron chi connectivity index (χ1n) is 6.31. The number of non-ortho nitro benzene ring substituents is 1. The zero-order chi connectivity index (χ0) is 13.8. The van der Waals surface area contributed by atoms with Gasteiger partial charge in [0.15, 0.2) is 0 Å². The molecule has 1 aliphatic rings. The number of rotatable bonds is 5. The van der Waals surface area contributed by atoms with Crippen LogP contribution in [0.2, 0.25) is 0 Å². The summed E-state index contributed by atoms with van der Waals surface area (Å²) in [6, 6.07) is 4.94. The van der Waals surface area contributed by atoms with Crippen LogP contribution in [-0.2, 0) is 6.54 Å². The molecule has 1 N–H and O–H groups in total. The van der Waals surface area contributed by atoms with E-state index in [0.717, 1.165) is 24.9 Å². The van der Waals surface area contributed by atoms with Gasteiger partial charge in [-0.15, -0.1) is 0 Å². The summed E-state index contributed by atoms with van der Waals surface area (Å²) in [6.45, 7) is 1.64. The first kappa shape index (κ1) is 13.8. The SMILES string of the molecule is COc1cc(CN2CCCC2CO)cc([N+](=O)[O-])c1. The largest absolute Gasteiger partial charge is 0.496 e. The van der Waals surface area contributed by atoms with Gasteiger partial charge in [-0.25, -0.2) is 0 Å². The Morgan fingerprint density at radius 2 is 2.32 bits per heavy atom. The molecule has 6 nitrogen and oxygen atoms in total. The molecule has 0 spiro atoms. The Labute approximate surface area is 111 Å². The average Bonchev–Trinajstić information content (AvgIpc) is 2.85. The summed E-state index contributed by atoms with van der Waals surface area (Å²) >= 11 is 0. The predicted octanol–water partition coefficient (Wildman–Crippen LogP) is 1.56. The molecule has 19 heavy (non-hydrogen) atoms. The number of benzene rings is 1. The Hall–Kier alpha value is -1.66. The number of hydrogen-bond donors (Lipinski definition) is 1. The minimum atomic E-state index is -0.417. The van der Waals surface area contributed by atoms with Crippen LogP contribution in [0.4, 0.5) is 5.69 Å². The third-order valence-electron chi connectivity index (χ3n) is 3.49. The van der Waals surface area contributed by atoms with E-state index in [0.29, 0.717) is 12.3 Å². The third kappa shape index (κ3) is 3.21. The van der Waals surface area contributed by atoms with Gasteiger partial charge in [-0.05, 0) is 31.0 Å². The lowest BCUT2D eigenvalue weighted by Crippen LogP contribution is -2.31. The molecule has 1 unspecified atom stereocenters. The van der Waals surface area contributed by atoms with Crippen molar-refractivity contribution in [1.29, 1.82) is 0 Å². The van der Waals surface area contributed by atoms with E-state index in [1.54, 1.807) is 12.1 Å². The van der Waals surface area contributed by atoms with Crippen molar-refractivity contribution in [3.05, 3.63) is 33.9 Å². The number of nitro groups is 1. The van der Waals surface area contributed by atoms with Crippen molar-refractivity contribution in [3.8, 4) is 5.75 Å². The van der Waals surface area contributed by atoms with Crippen molar-refractivity contribution in [2.75, 3.05) is 20.3 Å². The molecule has 2 rings (SSSR count). The summed E-state index contributed by atoms with van der Waals surface area (Å²) in [5.41, 5.74) is 0.875.